The average molecular weight is 266 g/mol. The van der Waals surface area contributed by atoms with Gasteiger partial charge in [-0.05, 0) is 27.5 Å². The summed E-state index contributed by atoms with van der Waals surface area (Å²) in [4.78, 5) is 15.6. The van der Waals surface area contributed by atoms with Crippen molar-refractivity contribution >= 4 is 49.1 Å². The van der Waals surface area contributed by atoms with Gasteiger partial charge in [-0.2, -0.15) is 0 Å². The van der Waals surface area contributed by atoms with E-state index in [4.69, 9.17) is 11.6 Å². The summed E-state index contributed by atoms with van der Waals surface area (Å²) in [6.07, 6.45) is 1.82. The Morgan fingerprint density at radius 1 is 1.75 bits per heavy atom. The van der Waals surface area contributed by atoms with Crippen molar-refractivity contribution in [1.29, 1.82) is 0 Å². The van der Waals surface area contributed by atoms with E-state index in [1.807, 2.05) is 11.6 Å². The maximum Gasteiger partial charge on any atom is 0.273 e. The Labute approximate surface area is 85.1 Å². The second-order valence-corrected chi connectivity index (χ2v) is 4.05. The molecule has 0 aromatic carbocycles. The Hall–Kier alpha value is -0.390. The molecule has 0 aliphatic carbocycles. The van der Waals surface area contributed by atoms with E-state index in [-0.39, 0.29) is 5.69 Å². The van der Waals surface area contributed by atoms with Gasteiger partial charge in [0.25, 0.3) is 5.24 Å². The minimum absolute atomic E-state index is 0.267. The van der Waals surface area contributed by atoms with Gasteiger partial charge in [0.1, 0.15) is 4.60 Å². The Morgan fingerprint density at radius 3 is 3.08 bits per heavy atom. The van der Waals surface area contributed by atoms with Crippen molar-refractivity contribution in [2.45, 2.75) is 0 Å². The van der Waals surface area contributed by atoms with Crippen LogP contribution in [-0.2, 0) is 0 Å². The van der Waals surface area contributed by atoms with E-state index in [0.717, 1.165) is 4.96 Å². The van der Waals surface area contributed by atoms with Crippen molar-refractivity contribution in [1.82, 2.24) is 9.38 Å². The summed E-state index contributed by atoms with van der Waals surface area (Å²) in [6, 6.07) is 0. The van der Waals surface area contributed by atoms with Gasteiger partial charge in [0.05, 0.1) is 0 Å². The highest BCUT2D eigenvalue weighted by molar-refractivity contribution is 9.10. The molecule has 0 aliphatic heterocycles. The lowest BCUT2D eigenvalue weighted by molar-refractivity contribution is 0.107. The largest absolute Gasteiger partial charge is 0.284 e. The first kappa shape index (κ1) is 8.22. The fourth-order valence-electron chi connectivity index (χ4n) is 0.883. The molecule has 0 N–H and O–H groups in total. The quantitative estimate of drug-likeness (QED) is 0.743. The summed E-state index contributed by atoms with van der Waals surface area (Å²) in [5.41, 5.74) is 0.267. The Kier molecular flexibility index (Phi) is 1.94. The van der Waals surface area contributed by atoms with E-state index in [0.29, 0.717) is 4.60 Å². The molecule has 12 heavy (non-hydrogen) atoms. The smallest absolute Gasteiger partial charge is 0.273 e. The third kappa shape index (κ3) is 1.09. The molecular formula is C6H2BrClN2OS. The minimum Gasteiger partial charge on any atom is -0.284 e. The zero-order valence-corrected chi connectivity index (χ0v) is 8.78. The van der Waals surface area contributed by atoms with Crippen LogP contribution in [0.2, 0.25) is 0 Å². The molecule has 0 radical (unpaired) electrons. The number of nitrogens with zero attached hydrogens (tertiary/aromatic N) is 2. The molecule has 2 rings (SSSR count). The highest BCUT2D eigenvalue weighted by Crippen LogP contribution is 2.23. The number of halogens is 2. The third-order valence-electron chi connectivity index (χ3n) is 1.39. The Bertz CT molecular complexity index is 449. The van der Waals surface area contributed by atoms with Crippen molar-refractivity contribution in [2.75, 3.05) is 0 Å². The van der Waals surface area contributed by atoms with Crippen LogP contribution in [0.3, 0.4) is 0 Å². The number of hydrogen-bond donors (Lipinski definition) is 0. The molecule has 0 spiro atoms. The van der Waals surface area contributed by atoms with Gasteiger partial charge in [-0.15, -0.1) is 11.3 Å². The molecule has 0 saturated heterocycles. The normalized spacial score (nSPS) is 10.8. The van der Waals surface area contributed by atoms with Crippen LogP contribution in [-0.4, -0.2) is 14.6 Å². The lowest BCUT2D eigenvalue weighted by atomic mass is 10.5. The zero-order chi connectivity index (χ0) is 8.72. The second kappa shape index (κ2) is 2.83. The number of thiazole rings is 1. The fraction of sp³-hybridized carbons (Fsp3) is 0. The molecule has 3 nitrogen and oxygen atoms in total. The number of rotatable bonds is 1. The summed E-state index contributed by atoms with van der Waals surface area (Å²) in [5.74, 6) is 0. The topological polar surface area (TPSA) is 34.4 Å². The predicted octanol–water partition coefficient (Wildman–Crippen LogP) is 2.54. The number of carbonyl (C=O) groups excluding carboxylic acids is 1. The molecular weight excluding hydrogens is 264 g/mol. The summed E-state index contributed by atoms with van der Waals surface area (Å²) in [7, 11) is 0. The standard InChI is InChI=1S/C6H2BrClN2OS/c7-4-3(5(8)11)9-6-10(4)1-2-12-6/h1-2H. The van der Waals surface area contributed by atoms with Gasteiger partial charge in [0, 0.05) is 11.6 Å². The summed E-state index contributed by atoms with van der Waals surface area (Å²) in [6.45, 7) is 0. The van der Waals surface area contributed by atoms with E-state index >= 15 is 0 Å². The molecule has 0 bridgehead atoms. The molecule has 0 atom stereocenters. The summed E-state index contributed by atoms with van der Waals surface area (Å²) < 4.78 is 2.37. The van der Waals surface area contributed by atoms with E-state index in [2.05, 4.69) is 20.9 Å². The second-order valence-electron chi connectivity index (χ2n) is 2.08. The summed E-state index contributed by atoms with van der Waals surface area (Å²) >= 11 is 9.98. The Morgan fingerprint density at radius 2 is 2.50 bits per heavy atom. The third-order valence-corrected chi connectivity index (χ3v) is 3.08. The number of aromatic nitrogens is 2. The van der Waals surface area contributed by atoms with Crippen molar-refractivity contribution in [3.05, 3.63) is 21.9 Å². The lowest BCUT2D eigenvalue weighted by Crippen LogP contribution is -1.89. The molecule has 0 saturated carbocycles. The van der Waals surface area contributed by atoms with Gasteiger partial charge < -0.3 is 0 Å². The van der Waals surface area contributed by atoms with Gasteiger partial charge in [0.2, 0.25) is 0 Å². The van der Waals surface area contributed by atoms with E-state index in [9.17, 15) is 4.79 Å². The number of carbonyl (C=O) groups is 1. The molecule has 2 aromatic rings. The van der Waals surface area contributed by atoms with Crippen LogP contribution in [0.4, 0.5) is 0 Å². The van der Waals surface area contributed by atoms with Gasteiger partial charge in [-0.1, -0.05) is 0 Å². The van der Waals surface area contributed by atoms with Crippen LogP contribution in [0, 0.1) is 0 Å². The monoisotopic (exact) mass is 264 g/mol. The van der Waals surface area contributed by atoms with Crippen LogP contribution < -0.4 is 0 Å². The van der Waals surface area contributed by atoms with Gasteiger partial charge in [0.15, 0.2) is 10.7 Å². The molecule has 2 heterocycles. The van der Waals surface area contributed by atoms with E-state index < -0.39 is 5.24 Å². The van der Waals surface area contributed by atoms with E-state index in [1.165, 1.54) is 11.3 Å². The first-order valence-corrected chi connectivity index (χ1v) is 5.06. The lowest BCUT2D eigenvalue weighted by Gasteiger charge is -1.86. The molecule has 0 aliphatic rings. The van der Waals surface area contributed by atoms with Crippen LogP contribution >= 0.6 is 38.9 Å². The summed E-state index contributed by atoms with van der Waals surface area (Å²) in [5, 5.41) is 1.34. The van der Waals surface area contributed by atoms with Gasteiger partial charge in [-0.25, -0.2) is 4.98 Å². The first-order chi connectivity index (χ1) is 5.70. The number of imidazole rings is 1. The highest BCUT2D eigenvalue weighted by atomic mass is 79.9. The van der Waals surface area contributed by atoms with Crippen LogP contribution in [0.15, 0.2) is 16.2 Å². The van der Waals surface area contributed by atoms with E-state index in [1.54, 1.807) is 4.40 Å². The molecule has 0 amide bonds. The highest BCUT2D eigenvalue weighted by Gasteiger charge is 2.15. The maximum absolute atomic E-state index is 10.8. The van der Waals surface area contributed by atoms with Crippen molar-refractivity contribution in [3.63, 3.8) is 0 Å². The molecule has 2 aromatic heterocycles. The van der Waals surface area contributed by atoms with Crippen LogP contribution in [0.1, 0.15) is 10.5 Å². The first-order valence-electron chi connectivity index (χ1n) is 3.01. The maximum atomic E-state index is 10.8. The Balaban J connectivity index is 2.78. The predicted molar refractivity (Wildman–Crippen MR) is 51.0 cm³/mol. The van der Waals surface area contributed by atoms with Gasteiger partial charge in [-0.3, -0.25) is 9.20 Å². The minimum atomic E-state index is -0.544. The SMILES string of the molecule is O=C(Cl)c1nc2sccn2c1Br. The van der Waals surface area contributed by atoms with Crippen molar-refractivity contribution in [2.24, 2.45) is 0 Å². The number of fused-ring (bicyclic) bond motifs is 1. The van der Waals surface area contributed by atoms with Crippen LogP contribution in [0.25, 0.3) is 4.96 Å². The fourth-order valence-corrected chi connectivity index (χ4v) is 2.52. The molecule has 0 unspecified atom stereocenters. The van der Waals surface area contributed by atoms with Crippen LogP contribution in [0.5, 0.6) is 0 Å². The average Bonchev–Trinajstić information content (AvgIpc) is 2.53. The number of hydrogen-bond acceptors (Lipinski definition) is 3. The van der Waals surface area contributed by atoms with Crippen molar-refractivity contribution in [3.8, 4) is 0 Å². The molecule has 0 fully saturated rings. The molecule has 6 heteroatoms. The van der Waals surface area contributed by atoms with Crippen molar-refractivity contribution < 1.29 is 4.79 Å². The zero-order valence-electron chi connectivity index (χ0n) is 5.62. The van der Waals surface area contributed by atoms with Gasteiger partial charge >= 0.3 is 0 Å². The molecule has 62 valence electrons.